The van der Waals surface area contributed by atoms with Crippen LogP contribution in [0, 0.1) is 13.8 Å². The Kier molecular flexibility index (Phi) is 8.53. The molecule has 0 heterocycles. The molecule has 3 aromatic carbocycles. The number of nitrogens with zero attached hydrogens (tertiary/aromatic N) is 1. The highest BCUT2D eigenvalue weighted by atomic mass is 35.5. The molecule has 9 heteroatoms. The summed E-state index contributed by atoms with van der Waals surface area (Å²) in [6.45, 7) is 5.48. The van der Waals surface area contributed by atoms with Crippen LogP contribution in [-0.4, -0.2) is 33.3 Å². The quantitative estimate of drug-likeness (QED) is 0.424. The molecule has 2 amide bonds. The van der Waals surface area contributed by atoms with E-state index < -0.39 is 22.5 Å². The summed E-state index contributed by atoms with van der Waals surface area (Å²) in [5, 5.41) is 5.86. The maximum absolute atomic E-state index is 13.6. The smallest absolute Gasteiger partial charge is 0.264 e. The van der Waals surface area contributed by atoms with E-state index in [2.05, 4.69) is 10.6 Å². The van der Waals surface area contributed by atoms with E-state index in [0.29, 0.717) is 34.1 Å². The van der Waals surface area contributed by atoms with Gasteiger partial charge in [-0.2, -0.15) is 0 Å². The second-order valence-electron chi connectivity index (χ2n) is 8.06. The number of benzene rings is 3. The Bertz CT molecular complexity index is 1320. The molecule has 0 radical (unpaired) electrons. The third-order valence-electron chi connectivity index (χ3n) is 5.39. The van der Waals surface area contributed by atoms with Gasteiger partial charge in [-0.15, -0.1) is 0 Å². The second-order valence-corrected chi connectivity index (χ2v) is 10.3. The van der Waals surface area contributed by atoms with Crippen molar-refractivity contribution in [2.75, 3.05) is 22.7 Å². The molecule has 7 nitrogen and oxygen atoms in total. The summed E-state index contributed by atoms with van der Waals surface area (Å²) in [7, 11) is -4.10. The van der Waals surface area contributed by atoms with Crippen molar-refractivity contribution in [2.45, 2.75) is 32.1 Å². The average molecular weight is 514 g/mol. The third-order valence-corrected chi connectivity index (χ3v) is 7.57. The van der Waals surface area contributed by atoms with Crippen molar-refractivity contribution in [3.05, 3.63) is 88.4 Å². The summed E-state index contributed by atoms with van der Waals surface area (Å²) in [5.74, 6) is -0.923. The monoisotopic (exact) mass is 513 g/mol. The van der Waals surface area contributed by atoms with Gasteiger partial charge in [0.2, 0.25) is 5.91 Å². The van der Waals surface area contributed by atoms with E-state index in [1.165, 1.54) is 12.1 Å². The van der Waals surface area contributed by atoms with Crippen LogP contribution in [-0.2, 0) is 14.8 Å². The Balaban J connectivity index is 1.96. The second kappa shape index (κ2) is 11.4. The number of sulfonamides is 1. The first kappa shape index (κ1) is 26.2. The van der Waals surface area contributed by atoms with E-state index in [4.69, 9.17) is 11.6 Å². The molecule has 0 aliphatic heterocycles. The van der Waals surface area contributed by atoms with Gasteiger partial charge in [-0.1, -0.05) is 54.4 Å². The number of para-hydroxylation sites is 1. The predicted octanol–water partition coefficient (Wildman–Crippen LogP) is 4.93. The van der Waals surface area contributed by atoms with Gasteiger partial charge in [0.25, 0.3) is 15.9 Å². The maximum atomic E-state index is 13.6. The summed E-state index contributed by atoms with van der Waals surface area (Å²) in [6, 6.07) is 17.9. The largest absolute Gasteiger partial charge is 0.352 e. The zero-order valence-corrected chi connectivity index (χ0v) is 21.4. The van der Waals surface area contributed by atoms with Crippen LogP contribution in [0.2, 0.25) is 5.02 Å². The number of hydrogen-bond donors (Lipinski definition) is 2. The van der Waals surface area contributed by atoms with Crippen LogP contribution in [0.1, 0.15) is 34.8 Å². The molecule has 0 bridgehead atoms. The number of nitrogens with one attached hydrogen (secondary N) is 2. The molecule has 2 N–H and O–H groups in total. The van der Waals surface area contributed by atoms with Gasteiger partial charge in [0.05, 0.1) is 21.8 Å². The van der Waals surface area contributed by atoms with E-state index >= 15 is 0 Å². The van der Waals surface area contributed by atoms with E-state index in [9.17, 15) is 18.0 Å². The predicted molar refractivity (Wildman–Crippen MR) is 140 cm³/mol. The highest BCUT2D eigenvalue weighted by Crippen LogP contribution is 2.31. The Labute approximate surface area is 211 Å². The lowest BCUT2D eigenvalue weighted by Crippen LogP contribution is -2.39. The maximum Gasteiger partial charge on any atom is 0.264 e. The zero-order valence-electron chi connectivity index (χ0n) is 19.8. The first-order chi connectivity index (χ1) is 16.6. The number of carbonyl (C=O) groups excluding carboxylic acids is 2. The average Bonchev–Trinajstić information content (AvgIpc) is 2.83. The van der Waals surface area contributed by atoms with Gasteiger partial charge >= 0.3 is 0 Å². The Hall–Kier alpha value is -3.36. The van der Waals surface area contributed by atoms with E-state index in [1.54, 1.807) is 61.5 Å². The van der Waals surface area contributed by atoms with Crippen molar-refractivity contribution in [1.29, 1.82) is 0 Å². The Morgan fingerprint density at radius 3 is 2.31 bits per heavy atom. The van der Waals surface area contributed by atoms with Gasteiger partial charge in [0, 0.05) is 11.6 Å². The molecule has 0 atom stereocenters. The van der Waals surface area contributed by atoms with Gasteiger partial charge in [-0.3, -0.25) is 13.9 Å². The van der Waals surface area contributed by atoms with E-state index in [0.717, 1.165) is 16.3 Å². The van der Waals surface area contributed by atoms with Gasteiger partial charge in [-0.25, -0.2) is 8.42 Å². The highest BCUT2D eigenvalue weighted by molar-refractivity contribution is 7.92. The van der Waals surface area contributed by atoms with Gasteiger partial charge in [0.15, 0.2) is 0 Å². The molecule has 0 fully saturated rings. The van der Waals surface area contributed by atoms with Gasteiger partial charge in [-0.05, 0) is 62.2 Å². The lowest BCUT2D eigenvalue weighted by molar-refractivity contribution is -0.114. The van der Waals surface area contributed by atoms with Crippen LogP contribution in [0.3, 0.4) is 0 Å². The first-order valence-electron chi connectivity index (χ1n) is 11.2. The Morgan fingerprint density at radius 1 is 0.943 bits per heavy atom. The molecule has 0 saturated heterocycles. The lowest BCUT2D eigenvalue weighted by atomic mass is 10.1. The molecule has 3 aromatic rings. The van der Waals surface area contributed by atoms with Gasteiger partial charge < -0.3 is 10.6 Å². The standard InChI is InChI=1S/C26H28ClN3O4S/c1-4-16-28-26(32)21-8-5-6-10-23(21)29-25(31)17-30(24-11-7-9-22(27)19(24)3)35(33,34)20-14-12-18(2)13-15-20/h5-15H,4,16-17H2,1-3H3,(H,28,32)(H,29,31). The zero-order chi connectivity index (χ0) is 25.6. The van der Waals surface area contributed by atoms with E-state index in [1.807, 2.05) is 13.8 Å². The van der Waals surface area contributed by atoms with Crippen LogP contribution < -0.4 is 14.9 Å². The molecule has 35 heavy (non-hydrogen) atoms. The van der Waals surface area contributed by atoms with Crippen LogP contribution in [0.4, 0.5) is 11.4 Å². The molecule has 0 aliphatic carbocycles. The number of carbonyl (C=O) groups is 2. The van der Waals surface area contributed by atoms with Crippen molar-refractivity contribution >= 4 is 44.8 Å². The number of amides is 2. The van der Waals surface area contributed by atoms with Gasteiger partial charge in [0.1, 0.15) is 6.54 Å². The first-order valence-corrected chi connectivity index (χ1v) is 13.0. The van der Waals surface area contributed by atoms with Crippen molar-refractivity contribution in [3.63, 3.8) is 0 Å². The van der Waals surface area contributed by atoms with E-state index in [-0.39, 0.29) is 10.8 Å². The summed E-state index contributed by atoms with van der Waals surface area (Å²) < 4.78 is 28.3. The molecular formula is C26H28ClN3O4S. The summed E-state index contributed by atoms with van der Waals surface area (Å²) in [6.07, 6.45) is 0.769. The number of halogens is 1. The molecule has 0 unspecified atom stereocenters. The summed E-state index contributed by atoms with van der Waals surface area (Å²) in [4.78, 5) is 25.7. The number of hydrogen-bond acceptors (Lipinski definition) is 4. The minimum atomic E-state index is -4.10. The Morgan fingerprint density at radius 2 is 1.63 bits per heavy atom. The fourth-order valence-electron chi connectivity index (χ4n) is 3.45. The minimum absolute atomic E-state index is 0.0506. The topological polar surface area (TPSA) is 95.6 Å². The number of anilines is 2. The molecular weight excluding hydrogens is 486 g/mol. The number of rotatable bonds is 9. The third kappa shape index (κ3) is 6.21. The normalized spacial score (nSPS) is 11.1. The minimum Gasteiger partial charge on any atom is -0.352 e. The highest BCUT2D eigenvalue weighted by Gasteiger charge is 2.29. The molecule has 184 valence electrons. The fraction of sp³-hybridized carbons (Fsp3) is 0.231. The fourth-order valence-corrected chi connectivity index (χ4v) is 5.10. The van der Waals surface area contributed by atoms with Crippen LogP contribution >= 0.6 is 11.6 Å². The molecule has 3 rings (SSSR count). The van der Waals surface area contributed by atoms with Crippen molar-refractivity contribution in [2.24, 2.45) is 0 Å². The number of aryl methyl sites for hydroxylation is 1. The summed E-state index contributed by atoms with van der Waals surface area (Å²) >= 11 is 6.27. The lowest BCUT2D eigenvalue weighted by Gasteiger charge is -2.26. The van der Waals surface area contributed by atoms with Crippen LogP contribution in [0.5, 0.6) is 0 Å². The van der Waals surface area contributed by atoms with Crippen LogP contribution in [0.15, 0.2) is 71.6 Å². The van der Waals surface area contributed by atoms with Crippen LogP contribution in [0.25, 0.3) is 0 Å². The van der Waals surface area contributed by atoms with Crippen molar-refractivity contribution < 1.29 is 18.0 Å². The summed E-state index contributed by atoms with van der Waals surface area (Å²) in [5.41, 5.74) is 2.31. The molecule has 0 aromatic heterocycles. The van der Waals surface area contributed by atoms with Crippen molar-refractivity contribution in [3.8, 4) is 0 Å². The SMILES string of the molecule is CCCNC(=O)c1ccccc1NC(=O)CN(c1cccc(Cl)c1C)S(=O)(=O)c1ccc(C)cc1. The molecule has 0 aliphatic rings. The van der Waals surface area contributed by atoms with Crippen molar-refractivity contribution in [1.82, 2.24) is 5.32 Å². The molecule has 0 saturated carbocycles. The molecule has 0 spiro atoms.